The summed E-state index contributed by atoms with van der Waals surface area (Å²) >= 11 is 0. The highest BCUT2D eigenvalue weighted by molar-refractivity contribution is 5.19. The molecule has 0 radical (unpaired) electrons. The summed E-state index contributed by atoms with van der Waals surface area (Å²) in [6, 6.07) is 11.1. The smallest absolute Gasteiger partial charge is 0.127 e. The molecule has 21 heavy (non-hydrogen) atoms. The second kappa shape index (κ2) is 6.41. The van der Waals surface area contributed by atoms with Crippen molar-refractivity contribution in [1.82, 2.24) is 19.8 Å². The Balaban J connectivity index is 1.74. The molecule has 1 aromatic heterocycles. The number of aryl methyl sites for hydroxylation is 1. The molecule has 1 aliphatic heterocycles. The molecule has 0 spiro atoms. The molecule has 0 aliphatic carbocycles. The highest BCUT2D eigenvalue weighted by atomic mass is 15.3. The maximum atomic E-state index is 4.55. The molecule has 4 heteroatoms. The van der Waals surface area contributed by atoms with E-state index in [1.165, 1.54) is 5.56 Å². The van der Waals surface area contributed by atoms with E-state index < -0.39 is 0 Å². The lowest BCUT2D eigenvalue weighted by atomic mass is 9.99. The second-order valence-electron chi connectivity index (χ2n) is 5.92. The summed E-state index contributed by atoms with van der Waals surface area (Å²) in [6.45, 7) is 6.50. The molecule has 3 rings (SSSR count). The quantitative estimate of drug-likeness (QED) is 0.934. The fourth-order valence-corrected chi connectivity index (χ4v) is 3.16. The number of hydrogen-bond acceptors (Lipinski definition) is 3. The molecule has 1 aromatic carbocycles. The summed E-state index contributed by atoms with van der Waals surface area (Å²) in [5, 5.41) is 3.50. The Morgan fingerprint density at radius 2 is 2.14 bits per heavy atom. The second-order valence-corrected chi connectivity index (χ2v) is 5.92. The van der Waals surface area contributed by atoms with E-state index in [1.807, 2.05) is 12.4 Å². The summed E-state index contributed by atoms with van der Waals surface area (Å²) in [7, 11) is 2.08. The van der Waals surface area contributed by atoms with Crippen LogP contribution in [-0.2, 0) is 7.05 Å². The van der Waals surface area contributed by atoms with E-state index in [1.54, 1.807) is 0 Å². The van der Waals surface area contributed by atoms with Crippen molar-refractivity contribution in [2.75, 3.05) is 26.2 Å². The fraction of sp³-hybridized carbons (Fsp3) is 0.471. The zero-order chi connectivity index (χ0) is 14.7. The van der Waals surface area contributed by atoms with Gasteiger partial charge in [0.05, 0.1) is 6.04 Å². The maximum Gasteiger partial charge on any atom is 0.127 e. The predicted molar refractivity (Wildman–Crippen MR) is 85.2 cm³/mol. The zero-order valence-corrected chi connectivity index (χ0v) is 12.9. The van der Waals surface area contributed by atoms with Gasteiger partial charge in [-0.25, -0.2) is 4.98 Å². The number of piperazine rings is 1. The number of hydrogen-bond donors (Lipinski definition) is 1. The molecule has 2 heterocycles. The van der Waals surface area contributed by atoms with Gasteiger partial charge in [0.15, 0.2) is 0 Å². The minimum atomic E-state index is 0.366. The van der Waals surface area contributed by atoms with Gasteiger partial charge in [-0.15, -0.1) is 0 Å². The molecule has 0 amide bonds. The van der Waals surface area contributed by atoms with Crippen molar-refractivity contribution in [1.29, 1.82) is 0 Å². The van der Waals surface area contributed by atoms with Crippen molar-refractivity contribution < 1.29 is 0 Å². The minimum absolute atomic E-state index is 0.366. The van der Waals surface area contributed by atoms with Crippen LogP contribution in [-0.4, -0.2) is 40.6 Å². The van der Waals surface area contributed by atoms with Crippen LogP contribution in [0.3, 0.4) is 0 Å². The lowest BCUT2D eigenvalue weighted by molar-refractivity contribution is 0.145. The molecule has 1 fully saturated rings. The summed E-state index contributed by atoms with van der Waals surface area (Å²) in [5.74, 6) is 1.69. The minimum Gasteiger partial charge on any atom is -0.337 e. The molecule has 2 atom stereocenters. The highest BCUT2D eigenvalue weighted by Gasteiger charge is 2.27. The molecule has 0 bridgehead atoms. The summed E-state index contributed by atoms with van der Waals surface area (Å²) in [4.78, 5) is 7.12. The molecule has 2 unspecified atom stereocenters. The first-order valence-corrected chi connectivity index (χ1v) is 7.72. The van der Waals surface area contributed by atoms with E-state index in [0.717, 1.165) is 32.0 Å². The van der Waals surface area contributed by atoms with Crippen molar-refractivity contribution in [3.8, 4) is 0 Å². The molecule has 2 aromatic rings. The van der Waals surface area contributed by atoms with Crippen LogP contribution in [0.5, 0.6) is 0 Å². The van der Waals surface area contributed by atoms with E-state index in [9.17, 15) is 0 Å². The fourth-order valence-electron chi connectivity index (χ4n) is 3.16. The normalized spacial score (nSPS) is 21.3. The molecule has 0 saturated carbocycles. The Morgan fingerprint density at radius 1 is 1.33 bits per heavy atom. The van der Waals surface area contributed by atoms with Gasteiger partial charge in [0.2, 0.25) is 0 Å². The van der Waals surface area contributed by atoms with Crippen LogP contribution in [0.25, 0.3) is 0 Å². The number of rotatable bonds is 4. The Morgan fingerprint density at radius 3 is 2.86 bits per heavy atom. The number of nitrogens with zero attached hydrogens (tertiary/aromatic N) is 3. The standard InChI is InChI=1S/C17H24N4/c1-14(15-6-4-3-5-7-15)13-21-11-8-18-12-16(21)17-19-9-10-20(17)2/h3-7,9-10,14,16,18H,8,11-13H2,1-2H3. The van der Waals surface area contributed by atoms with Gasteiger partial charge in [-0.1, -0.05) is 37.3 Å². The van der Waals surface area contributed by atoms with Gasteiger partial charge in [-0.2, -0.15) is 0 Å². The van der Waals surface area contributed by atoms with E-state index in [4.69, 9.17) is 0 Å². The summed E-state index contributed by atoms with van der Waals surface area (Å²) < 4.78 is 2.14. The summed E-state index contributed by atoms with van der Waals surface area (Å²) in [5.41, 5.74) is 1.41. The Kier molecular flexibility index (Phi) is 4.36. The molecule has 1 saturated heterocycles. The number of benzene rings is 1. The zero-order valence-electron chi connectivity index (χ0n) is 12.9. The first-order chi connectivity index (χ1) is 10.3. The van der Waals surface area contributed by atoms with Crippen molar-refractivity contribution >= 4 is 0 Å². The van der Waals surface area contributed by atoms with Crippen LogP contribution in [0.1, 0.15) is 30.3 Å². The van der Waals surface area contributed by atoms with Crippen LogP contribution < -0.4 is 5.32 Å². The molecule has 4 nitrogen and oxygen atoms in total. The Bertz CT molecular complexity index is 563. The average molecular weight is 284 g/mol. The highest BCUT2D eigenvalue weighted by Crippen LogP contribution is 2.24. The third-order valence-electron chi connectivity index (χ3n) is 4.39. The lowest BCUT2D eigenvalue weighted by Gasteiger charge is -2.37. The van der Waals surface area contributed by atoms with Crippen molar-refractivity contribution in [3.63, 3.8) is 0 Å². The number of nitrogens with one attached hydrogen (secondary N) is 1. The first-order valence-electron chi connectivity index (χ1n) is 7.72. The number of aromatic nitrogens is 2. The maximum absolute atomic E-state index is 4.55. The number of imidazole rings is 1. The van der Waals surface area contributed by atoms with Crippen molar-refractivity contribution in [2.24, 2.45) is 7.05 Å². The van der Waals surface area contributed by atoms with Crippen LogP contribution in [0.4, 0.5) is 0 Å². The van der Waals surface area contributed by atoms with Gasteiger partial charge in [-0.3, -0.25) is 4.90 Å². The first kappa shape index (κ1) is 14.3. The van der Waals surface area contributed by atoms with Crippen molar-refractivity contribution in [2.45, 2.75) is 18.9 Å². The van der Waals surface area contributed by atoms with Crippen LogP contribution in [0.2, 0.25) is 0 Å². The van der Waals surface area contributed by atoms with Gasteiger partial charge in [0, 0.05) is 45.6 Å². The SMILES string of the molecule is CC(CN1CCNCC1c1nccn1C)c1ccccc1. The topological polar surface area (TPSA) is 33.1 Å². The molecular formula is C17H24N4. The third kappa shape index (κ3) is 3.17. The van der Waals surface area contributed by atoms with Crippen molar-refractivity contribution in [3.05, 3.63) is 54.1 Å². The van der Waals surface area contributed by atoms with Gasteiger partial charge in [-0.05, 0) is 11.5 Å². The Hall–Kier alpha value is -1.65. The van der Waals surface area contributed by atoms with Crippen LogP contribution in [0, 0.1) is 0 Å². The van der Waals surface area contributed by atoms with Gasteiger partial charge in [0.25, 0.3) is 0 Å². The molecular weight excluding hydrogens is 260 g/mol. The summed E-state index contributed by atoms with van der Waals surface area (Å²) in [6.07, 6.45) is 3.92. The molecule has 112 valence electrons. The predicted octanol–water partition coefficient (Wildman–Crippen LogP) is 2.17. The van der Waals surface area contributed by atoms with Gasteiger partial charge in [0.1, 0.15) is 5.82 Å². The monoisotopic (exact) mass is 284 g/mol. The van der Waals surface area contributed by atoms with E-state index >= 15 is 0 Å². The third-order valence-corrected chi connectivity index (χ3v) is 4.39. The largest absolute Gasteiger partial charge is 0.337 e. The van der Waals surface area contributed by atoms with Crippen LogP contribution in [0.15, 0.2) is 42.7 Å². The lowest BCUT2D eigenvalue weighted by Crippen LogP contribution is -2.47. The van der Waals surface area contributed by atoms with E-state index in [-0.39, 0.29) is 0 Å². The molecule has 1 N–H and O–H groups in total. The average Bonchev–Trinajstić information content (AvgIpc) is 2.95. The van der Waals surface area contributed by atoms with Gasteiger partial charge < -0.3 is 9.88 Å². The van der Waals surface area contributed by atoms with E-state index in [2.05, 4.69) is 64.1 Å². The van der Waals surface area contributed by atoms with E-state index in [0.29, 0.717) is 12.0 Å². The molecule has 1 aliphatic rings. The van der Waals surface area contributed by atoms with Crippen LogP contribution >= 0.6 is 0 Å². The van der Waals surface area contributed by atoms with Gasteiger partial charge >= 0.3 is 0 Å². The Labute approximate surface area is 126 Å².